The Kier molecular flexibility index (Phi) is 4.11. The van der Waals surface area contributed by atoms with Gasteiger partial charge in [0, 0.05) is 20.6 Å². The molecule has 5 nitrogen and oxygen atoms in total. The number of nitrogens with one attached hydrogen (secondary N) is 1. The molecule has 0 spiro atoms. The van der Waals surface area contributed by atoms with Crippen LogP contribution in [0.2, 0.25) is 0 Å². The first-order valence-electron chi connectivity index (χ1n) is 5.92. The van der Waals surface area contributed by atoms with Gasteiger partial charge in [-0.05, 0) is 12.5 Å². The molecule has 0 aliphatic carbocycles. The molecule has 0 radical (unpaired) electrons. The summed E-state index contributed by atoms with van der Waals surface area (Å²) < 4.78 is 0. The topological polar surface area (TPSA) is 58.1 Å². The second-order valence-corrected chi connectivity index (χ2v) is 5.29. The lowest BCUT2D eigenvalue weighted by Gasteiger charge is -2.15. The van der Waals surface area contributed by atoms with E-state index in [0.29, 0.717) is 16.7 Å². The first-order chi connectivity index (χ1) is 9.10. The number of aromatic nitrogens is 2. The number of rotatable bonds is 4. The molecule has 2 rings (SSSR count). The maximum Gasteiger partial charge on any atom is 0.284 e. The Morgan fingerprint density at radius 3 is 2.58 bits per heavy atom. The van der Waals surface area contributed by atoms with Gasteiger partial charge in [0.1, 0.15) is 0 Å². The Bertz CT molecular complexity index is 564. The summed E-state index contributed by atoms with van der Waals surface area (Å²) in [6.45, 7) is 2.60. The van der Waals surface area contributed by atoms with E-state index < -0.39 is 0 Å². The van der Waals surface area contributed by atoms with Crippen molar-refractivity contribution in [1.29, 1.82) is 0 Å². The van der Waals surface area contributed by atoms with E-state index in [-0.39, 0.29) is 5.91 Å². The van der Waals surface area contributed by atoms with E-state index in [4.69, 9.17) is 0 Å². The van der Waals surface area contributed by atoms with Gasteiger partial charge in [0.15, 0.2) is 0 Å². The molecule has 1 heterocycles. The molecule has 1 aromatic heterocycles. The minimum atomic E-state index is -0.112. The van der Waals surface area contributed by atoms with Crippen molar-refractivity contribution in [3.63, 3.8) is 0 Å². The predicted octanol–water partition coefficient (Wildman–Crippen LogP) is 2.16. The van der Waals surface area contributed by atoms with E-state index in [1.54, 1.807) is 19.0 Å². The molecule has 0 bridgehead atoms. The minimum absolute atomic E-state index is 0.112. The van der Waals surface area contributed by atoms with Gasteiger partial charge >= 0.3 is 0 Å². The van der Waals surface area contributed by atoms with Crippen molar-refractivity contribution in [2.75, 3.05) is 19.4 Å². The molecular weight excluding hydrogens is 260 g/mol. The van der Waals surface area contributed by atoms with E-state index in [9.17, 15) is 4.79 Å². The Balaban J connectivity index is 2.04. The van der Waals surface area contributed by atoms with Crippen molar-refractivity contribution in [3.8, 4) is 0 Å². The lowest BCUT2D eigenvalue weighted by atomic mass is 10.1. The van der Waals surface area contributed by atoms with Crippen molar-refractivity contribution in [2.45, 2.75) is 13.5 Å². The number of aryl methyl sites for hydroxylation is 1. The molecule has 0 saturated carbocycles. The Hall–Kier alpha value is -1.95. The van der Waals surface area contributed by atoms with Crippen LogP contribution in [0.15, 0.2) is 24.3 Å². The van der Waals surface area contributed by atoms with Crippen LogP contribution in [0.5, 0.6) is 0 Å². The molecule has 0 atom stereocenters. The number of hydrogen-bond acceptors (Lipinski definition) is 5. The molecule has 0 aliphatic rings. The highest BCUT2D eigenvalue weighted by Crippen LogP contribution is 2.16. The van der Waals surface area contributed by atoms with Gasteiger partial charge in [-0.15, -0.1) is 10.2 Å². The second-order valence-electron chi connectivity index (χ2n) is 4.31. The summed E-state index contributed by atoms with van der Waals surface area (Å²) in [6, 6.07) is 8.13. The highest BCUT2D eigenvalue weighted by molar-refractivity contribution is 7.17. The van der Waals surface area contributed by atoms with Crippen LogP contribution < -0.4 is 5.32 Å². The fourth-order valence-electron chi connectivity index (χ4n) is 1.61. The summed E-state index contributed by atoms with van der Waals surface area (Å²) in [7, 11) is 3.52. The molecule has 0 fully saturated rings. The molecule has 1 amide bonds. The van der Waals surface area contributed by atoms with E-state index >= 15 is 0 Å². The summed E-state index contributed by atoms with van der Waals surface area (Å²) in [5.74, 6) is -0.112. The van der Waals surface area contributed by atoms with Gasteiger partial charge in [-0.25, -0.2) is 0 Å². The van der Waals surface area contributed by atoms with Gasteiger partial charge in [-0.2, -0.15) is 0 Å². The first-order valence-corrected chi connectivity index (χ1v) is 6.74. The highest BCUT2D eigenvalue weighted by atomic mass is 32.1. The first kappa shape index (κ1) is 13.5. The van der Waals surface area contributed by atoms with Crippen LogP contribution in [0.4, 0.5) is 5.13 Å². The zero-order chi connectivity index (χ0) is 13.8. The summed E-state index contributed by atoms with van der Waals surface area (Å²) in [4.78, 5) is 13.8. The van der Waals surface area contributed by atoms with Crippen LogP contribution in [-0.4, -0.2) is 35.1 Å². The Labute approximate surface area is 116 Å². The smallest absolute Gasteiger partial charge is 0.284 e. The summed E-state index contributed by atoms with van der Waals surface area (Å²) in [6.07, 6.45) is 0. The number of benzene rings is 1. The fourth-order valence-corrected chi connectivity index (χ4v) is 2.30. The molecule has 1 N–H and O–H groups in total. The van der Waals surface area contributed by atoms with Crippen LogP contribution >= 0.6 is 11.3 Å². The van der Waals surface area contributed by atoms with Crippen molar-refractivity contribution < 1.29 is 4.79 Å². The molecular formula is C13H16N4OS. The fraction of sp³-hybridized carbons (Fsp3) is 0.308. The third-order valence-electron chi connectivity index (χ3n) is 2.71. The van der Waals surface area contributed by atoms with Crippen molar-refractivity contribution >= 4 is 22.4 Å². The maximum atomic E-state index is 12.2. The molecule has 0 saturated heterocycles. The summed E-state index contributed by atoms with van der Waals surface area (Å²) >= 11 is 1.26. The molecule has 1 aromatic carbocycles. The number of anilines is 1. The molecule has 0 unspecified atom stereocenters. The van der Waals surface area contributed by atoms with Gasteiger partial charge in [-0.3, -0.25) is 4.79 Å². The molecule has 0 aliphatic heterocycles. The summed E-state index contributed by atoms with van der Waals surface area (Å²) in [5.41, 5.74) is 2.31. The predicted molar refractivity (Wildman–Crippen MR) is 76.4 cm³/mol. The zero-order valence-corrected chi connectivity index (χ0v) is 12.0. The standard InChI is InChI=1S/C13H16N4OS/c1-9-4-6-10(7-5-9)8-17(3)12(18)11-15-16-13(14-2)19-11/h4-7H,8H2,1-3H3,(H,14,16). The molecule has 2 aromatic rings. The largest absolute Gasteiger partial charge is 0.363 e. The van der Waals surface area contributed by atoms with E-state index in [0.717, 1.165) is 5.56 Å². The lowest BCUT2D eigenvalue weighted by Crippen LogP contribution is -2.26. The number of carbonyl (C=O) groups is 1. The van der Waals surface area contributed by atoms with Gasteiger partial charge < -0.3 is 10.2 Å². The SMILES string of the molecule is CNc1nnc(C(=O)N(C)Cc2ccc(C)cc2)s1. The Morgan fingerprint density at radius 2 is 2.00 bits per heavy atom. The number of nitrogens with zero attached hydrogens (tertiary/aromatic N) is 3. The van der Waals surface area contributed by atoms with E-state index in [2.05, 4.69) is 15.5 Å². The van der Waals surface area contributed by atoms with Crippen molar-refractivity contribution in [2.24, 2.45) is 0 Å². The third-order valence-corrected chi connectivity index (χ3v) is 3.64. The molecule has 100 valence electrons. The van der Waals surface area contributed by atoms with Crippen molar-refractivity contribution in [3.05, 3.63) is 40.4 Å². The summed E-state index contributed by atoms with van der Waals surface area (Å²) in [5, 5.41) is 11.7. The number of amides is 1. The third kappa shape index (κ3) is 3.29. The Morgan fingerprint density at radius 1 is 1.32 bits per heavy atom. The van der Waals surface area contributed by atoms with E-state index in [1.807, 2.05) is 31.2 Å². The number of carbonyl (C=O) groups excluding carboxylic acids is 1. The minimum Gasteiger partial charge on any atom is -0.363 e. The van der Waals surface area contributed by atoms with Gasteiger partial charge in [0.2, 0.25) is 10.1 Å². The van der Waals surface area contributed by atoms with Crippen molar-refractivity contribution in [1.82, 2.24) is 15.1 Å². The van der Waals surface area contributed by atoms with Gasteiger partial charge in [0.05, 0.1) is 0 Å². The monoisotopic (exact) mass is 276 g/mol. The zero-order valence-electron chi connectivity index (χ0n) is 11.2. The van der Waals surface area contributed by atoms with Crippen LogP contribution in [0.1, 0.15) is 20.9 Å². The average Bonchev–Trinajstić information content (AvgIpc) is 2.89. The average molecular weight is 276 g/mol. The van der Waals surface area contributed by atoms with Gasteiger partial charge in [-0.1, -0.05) is 41.2 Å². The molecule has 6 heteroatoms. The van der Waals surface area contributed by atoms with Crippen LogP contribution in [0, 0.1) is 6.92 Å². The van der Waals surface area contributed by atoms with E-state index in [1.165, 1.54) is 16.9 Å². The van der Waals surface area contributed by atoms with Crippen LogP contribution in [-0.2, 0) is 6.54 Å². The molecule has 19 heavy (non-hydrogen) atoms. The lowest BCUT2D eigenvalue weighted by molar-refractivity contribution is 0.0784. The quantitative estimate of drug-likeness (QED) is 0.929. The number of hydrogen-bond donors (Lipinski definition) is 1. The van der Waals surface area contributed by atoms with Crippen LogP contribution in [0.25, 0.3) is 0 Å². The normalized spacial score (nSPS) is 10.3. The van der Waals surface area contributed by atoms with Crippen LogP contribution in [0.3, 0.4) is 0 Å². The second kappa shape index (κ2) is 5.79. The van der Waals surface area contributed by atoms with Gasteiger partial charge in [0.25, 0.3) is 5.91 Å². The maximum absolute atomic E-state index is 12.2. The highest BCUT2D eigenvalue weighted by Gasteiger charge is 2.17.